The topological polar surface area (TPSA) is 80.1 Å². The molecule has 7 nitrogen and oxygen atoms in total. The SMILES string of the molecule is Cc1nn(-c2ccccn2)c(C)c1CC(=O)NCC(CN1Cc2ccccc2C1=O)c1ccccc1. The Labute approximate surface area is 210 Å². The Balaban J connectivity index is 1.28. The molecule has 1 unspecified atom stereocenters. The maximum Gasteiger partial charge on any atom is 0.254 e. The number of hydrogen-bond acceptors (Lipinski definition) is 4. The standard InChI is InChI=1S/C29H29N5O2/c1-20-26(21(2)34(32-20)27-14-8-9-15-30-27)16-28(35)31-17-24(22-10-4-3-5-11-22)19-33-18-23-12-6-7-13-25(23)29(33)36/h3-15,24H,16-19H2,1-2H3,(H,31,35). The van der Waals surface area contributed by atoms with Crippen LogP contribution >= 0.6 is 0 Å². The lowest BCUT2D eigenvalue weighted by Gasteiger charge is -2.24. The number of carbonyl (C=O) groups excluding carboxylic acids is 2. The van der Waals surface area contributed by atoms with E-state index in [9.17, 15) is 9.59 Å². The summed E-state index contributed by atoms with van der Waals surface area (Å²) in [5.41, 5.74) is 5.53. The van der Waals surface area contributed by atoms with Gasteiger partial charge in [0.05, 0.1) is 12.1 Å². The minimum atomic E-state index is -0.0706. The van der Waals surface area contributed by atoms with E-state index in [0.29, 0.717) is 19.6 Å². The molecule has 0 saturated heterocycles. The third kappa shape index (κ3) is 4.77. The summed E-state index contributed by atoms with van der Waals surface area (Å²) < 4.78 is 1.78. The molecule has 36 heavy (non-hydrogen) atoms. The second kappa shape index (κ2) is 10.2. The summed E-state index contributed by atoms with van der Waals surface area (Å²) in [5.74, 6) is 0.682. The lowest BCUT2D eigenvalue weighted by molar-refractivity contribution is -0.120. The van der Waals surface area contributed by atoms with E-state index in [2.05, 4.69) is 27.5 Å². The number of aryl methyl sites for hydroxylation is 1. The van der Waals surface area contributed by atoms with Crippen LogP contribution in [-0.2, 0) is 17.8 Å². The summed E-state index contributed by atoms with van der Waals surface area (Å²) in [4.78, 5) is 32.2. The van der Waals surface area contributed by atoms with Crippen molar-refractivity contribution in [1.82, 2.24) is 25.0 Å². The van der Waals surface area contributed by atoms with Crippen LogP contribution in [0.2, 0.25) is 0 Å². The molecule has 0 saturated carbocycles. The van der Waals surface area contributed by atoms with Gasteiger partial charge in [-0.2, -0.15) is 5.10 Å². The summed E-state index contributed by atoms with van der Waals surface area (Å²) >= 11 is 0. The van der Waals surface area contributed by atoms with Gasteiger partial charge < -0.3 is 10.2 Å². The number of carbonyl (C=O) groups is 2. The van der Waals surface area contributed by atoms with Crippen molar-refractivity contribution in [3.05, 3.63) is 113 Å². The number of benzene rings is 2. The van der Waals surface area contributed by atoms with Crippen molar-refractivity contribution in [2.75, 3.05) is 13.1 Å². The Kier molecular flexibility index (Phi) is 6.62. The van der Waals surface area contributed by atoms with Crippen LogP contribution in [0.25, 0.3) is 5.82 Å². The third-order valence-electron chi connectivity index (χ3n) is 6.80. The van der Waals surface area contributed by atoms with Crippen LogP contribution < -0.4 is 5.32 Å². The molecule has 182 valence electrons. The van der Waals surface area contributed by atoms with E-state index in [-0.39, 0.29) is 24.2 Å². The molecule has 4 aromatic rings. The second-order valence-corrected chi connectivity index (χ2v) is 9.18. The van der Waals surface area contributed by atoms with Gasteiger partial charge in [-0.05, 0) is 43.2 Å². The molecular formula is C29H29N5O2. The number of fused-ring (bicyclic) bond motifs is 1. The fourth-order valence-corrected chi connectivity index (χ4v) is 4.83. The van der Waals surface area contributed by atoms with Gasteiger partial charge in [-0.3, -0.25) is 9.59 Å². The predicted molar refractivity (Wildman–Crippen MR) is 138 cm³/mol. The highest BCUT2D eigenvalue weighted by Gasteiger charge is 2.29. The molecule has 7 heteroatoms. The highest BCUT2D eigenvalue weighted by atomic mass is 16.2. The van der Waals surface area contributed by atoms with Gasteiger partial charge >= 0.3 is 0 Å². The Hall–Kier alpha value is -4.26. The smallest absolute Gasteiger partial charge is 0.254 e. The summed E-state index contributed by atoms with van der Waals surface area (Å²) in [7, 11) is 0. The summed E-state index contributed by atoms with van der Waals surface area (Å²) in [6, 6.07) is 23.5. The Morgan fingerprint density at radius 1 is 1.00 bits per heavy atom. The van der Waals surface area contributed by atoms with Crippen molar-refractivity contribution < 1.29 is 9.59 Å². The molecule has 3 heterocycles. The molecule has 0 aliphatic carbocycles. The molecule has 1 aliphatic rings. The molecule has 0 spiro atoms. The van der Waals surface area contributed by atoms with E-state index in [4.69, 9.17) is 0 Å². The molecule has 0 bridgehead atoms. The minimum Gasteiger partial charge on any atom is -0.355 e. The lowest BCUT2D eigenvalue weighted by atomic mass is 9.98. The first-order valence-electron chi connectivity index (χ1n) is 12.2. The van der Waals surface area contributed by atoms with E-state index in [1.807, 2.05) is 79.4 Å². The van der Waals surface area contributed by atoms with E-state index < -0.39 is 0 Å². The van der Waals surface area contributed by atoms with E-state index >= 15 is 0 Å². The Morgan fingerprint density at radius 3 is 2.50 bits per heavy atom. The fourth-order valence-electron chi connectivity index (χ4n) is 4.83. The fraction of sp³-hybridized carbons (Fsp3) is 0.241. The van der Waals surface area contributed by atoms with Gasteiger partial charge in [0.25, 0.3) is 5.91 Å². The van der Waals surface area contributed by atoms with Crippen LogP contribution in [0.3, 0.4) is 0 Å². The van der Waals surface area contributed by atoms with Gasteiger partial charge in [0, 0.05) is 48.6 Å². The number of hydrogen-bond donors (Lipinski definition) is 1. The van der Waals surface area contributed by atoms with Crippen molar-refractivity contribution in [3.63, 3.8) is 0 Å². The number of aromatic nitrogens is 3. The monoisotopic (exact) mass is 479 g/mol. The first-order valence-corrected chi connectivity index (χ1v) is 12.2. The lowest BCUT2D eigenvalue weighted by Crippen LogP contribution is -2.36. The summed E-state index contributed by atoms with van der Waals surface area (Å²) in [6.07, 6.45) is 1.96. The highest BCUT2D eigenvalue weighted by molar-refractivity contribution is 5.98. The molecule has 5 rings (SSSR count). The predicted octanol–water partition coefficient (Wildman–Crippen LogP) is 3.98. The summed E-state index contributed by atoms with van der Waals surface area (Å²) in [5, 5.41) is 7.72. The maximum absolute atomic E-state index is 13.0. The quantitative estimate of drug-likeness (QED) is 0.415. The molecule has 2 aromatic carbocycles. The van der Waals surface area contributed by atoms with Gasteiger partial charge in [0.15, 0.2) is 5.82 Å². The first-order chi connectivity index (χ1) is 17.5. The van der Waals surface area contributed by atoms with Gasteiger partial charge in [0.1, 0.15) is 0 Å². The molecule has 0 fully saturated rings. The van der Waals surface area contributed by atoms with Gasteiger partial charge in [-0.15, -0.1) is 0 Å². The zero-order chi connectivity index (χ0) is 25.1. The number of nitrogens with one attached hydrogen (secondary N) is 1. The minimum absolute atomic E-state index is 0.0214. The van der Waals surface area contributed by atoms with Crippen LogP contribution in [0.4, 0.5) is 0 Å². The Morgan fingerprint density at radius 2 is 1.75 bits per heavy atom. The van der Waals surface area contributed by atoms with Crippen molar-refractivity contribution in [1.29, 1.82) is 0 Å². The van der Waals surface area contributed by atoms with Crippen LogP contribution in [0, 0.1) is 13.8 Å². The normalized spacial score (nSPS) is 13.5. The highest BCUT2D eigenvalue weighted by Crippen LogP contribution is 2.26. The van der Waals surface area contributed by atoms with Gasteiger partial charge in [0.2, 0.25) is 5.91 Å². The molecule has 1 atom stereocenters. The number of amides is 2. The zero-order valence-corrected chi connectivity index (χ0v) is 20.5. The molecule has 2 amide bonds. The number of rotatable bonds is 8. The largest absolute Gasteiger partial charge is 0.355 e. The third-order valence-corrected chi connectivity index (χ3v) is 6.80. The molecule has 2 aromatic heterocycles. The van der Waals surface area contributed by atoms with Crippen molar-refractivity contribution >= 4 is 11.8 Å². The van der Waals surface area contributed by atoms with Gasteiger partial charge in [-0.1, -0.05) is 54.6 Å². The van der Waals surface area contributed by atoms with E-state index in [1.54, 1.807) is 10.9 Å². The Bertz CT molecular complexity index is 1380. The van der Waals surface area contributed by atoms with Crippen LogP contribution in [-0.4, -0.2) is 44.6 Å². The second-order valence-electron chi connectivity index (χ2n) is 9.18. The molecule has 1 aliphatic heterocycles. The van der Waals surface area contributed by atoms with Crippen LogP contribution in [0.15, 0.2) is 79.0 Å². The van der Waals surface area contributed by atoms with Gasteiger partial charge in [-0.25, -0.2) is 9.67 Å². The number of nitrogens with zero attached hydrogens (tertiary/aromatic N) is 4. The van der Waals surface area contributed by atoms with Crippen molar-refractivity contribution in [3.8, 4) is 5.82 Å². The molecule has 0 radical (unpaired) electrons. The maximum atomic E-state index is 13.0. The van der Waals surface area contributed by atoms with Crippen molar-refractivity contribution in [2.24, 2.45) is 0 Å². The zero-order valence-electron chi connectivity index (χ0n) is 20.5. The molecular weight excluding hydrogens is 450 g/mol. The van der Waals surface area contributed by atoms with Crippen molar-refractivity contribution in [2.45, 2.75) is 32.7 Å². The number of pyridine rings is 1. The van der Waals surface area contributed by atoms with Crippen LogP contribution in [0.5, 0.6) is 0 Å². The average molecular weight is 480 g/mol. The van der Waals surface area contributed by atoms with E-state index in [1.165, 1.54) is 0 Å². The van der Waals surface area contributed by atoms with Crippen LogP contribution in [0.1, 0.15) is 44.4 Å². The molecule has 1 N–H and O–H groups in total. The first kappa shape index (κ1) is 23.5. The summed E-state index contributed by atoms with van der Waals surface area (Å²) in [6.45, 7) is 5.44. The van der Waals surface area contributed by atoms with E-state index in [0.717, 1.165) is 39.5 Å². The average Bonchev–Trinajstić information content (AvgIpc) is 3.38.